The van der Waals surface area contributed by atoms with E-state index < -0.39 is 23.3 Å². The Hall–Kier alpha value is -3.72. The highest BCUT2D eigenvalue weighted by Gasteiger charge is 2.20. The predicted molar refractivity (Wildman–Crippen MR) is 102 cm³/mol. The van der Waals surface area contributed by atoms with E-state index in [0.29, 0.717) is 10.9 Å². The highest BCUT2D eigenvalue weighted by molar-refractivity contribution is 6.09. The topological polar surface area (TPSA) is 135 Å². The number of ketones is 1. The number of anilines is 1. The van der Waals surface area contributed by atoms with Crippen molar-refractivity contribution in [3.05, 3.63) is 69.9 Å². The van der Waals surface area contributed by atoms with Crippen LogP contribution in [0.2, 0.25) is 0 Å². The molecule has 0 amide bonds. The van der Waals surface area contributed by atoms with E-state index in [2.05, 4.69) is 10.3 Å². The lowest BCUT2D eigenvalue weighted by atomic mass is 10.1. The number of aromatic amines is 1. The number of para-hydroxylation sites is 1. The first-order valence-corrected chi connectivity index (χ1v) is 8.41. The van der Waals surface area contributed by atoms with Gasteiger partial charge >= 0.3 is 5.97 Å². The smallest absolute Gasteiger partial charge is 0.340 e. The van der Waals surface area contributed by atoms with Crippen molar-refractivity contribution in [1.82, 2.24) is 4.98 Å². The van der Waals surface area contributed by atoms with E-state index in [1.54, 1.807) is 18.3 Å². The number of nitro groups is 1. The molecule has 0 atom stereocenters. The number of carbonyl (C=O) groups is 2. The third kappa shape index (κ3) is 3.99. The normalized spacial score (nSPS) is 10.6. The summed E-state index contributed by atoms with van der Waals surface area (Å²) in [6.07, 6.45) is 1.54. The molecule has 0 spiro atoms. The molecule has 144 valence electrons. The Morgan fingerprint density at radius 1 is 1.18 bits per heavy atom. The zero-order chi connectivity index (χ0) is 20.1. The maximum absolute atomic E-state index is 12.4. The van der Waals surface area contributed by atoms with Crippen LogP contribution in [0.3, 0.4) is 0 Å². The van der Waals surface area contributed by atoms with E-state index in [9.17, 15) is 19.7 Å². The number of nitro benzene ring substituents is 1. The van der Waals surface area contributed by atoms with Crippen LogP contribution in [-0.2, 0) is 4.74 Å². The van der Waals surface area contributed by atoms with Gasteiger partial charge in [-0.05, 0) is 12.1 Å². The van der Waals surface area contributed by atoms with E-state index in [-0.39, 0.29) is 30.1 Å². The number of ether oxygens (including phenoxy) is 1. The number of esters is 1. The molecule has 28 heavy (non-hydrogen) atoms. The van der Waals surface area contributed by atoms with Crippen molar-refractivity contribution in [2.24, 2.45) is 0 Å². The van der Waals surface area contributed by atoms with Crippen LogP contribution in [0.25, 0.3) is 10.9 Å². The number of aromatic nitrogens is 1. The molecule has 0 unspecified atom stereocenters. The molecule has 0 radical (unpaired) electrons. The summed E-state index contributed by atoms with van der Waals surface area (Å²) in [6, 6.07) is 10.9. The van der Waals surface area contributed by atoms with Crippen molar-refractivity contribution < 1.29 is 24.4 Å². The second-order valence-corrected chi connectivity index (χ2v) is 5.88. The van der Waals surface area contributed by atoms with Gasteiger partial charge in [-0.1, -0.05) is 18.2 Å². The van der Waals surface area contributed by atoms with Gasteiger partial charge in [-0.2, -0.15) is 0 Å². The minimum Gasteiger partial charge on any atom is -0.454 e. The van der Waals surface area contributed by atoms with Crippen molar-refractivity contribution in [2.45, 2.75) is 0 Å². The number of nitrogens with one attached hydrogen (secondary N) is 2. The molecule has 1 aromatic heterocycles. The molecular weight excluding hydrogens is 366 g/mol. The average molecular weight is 383 g/mol. The van der Waals surface area contributed by atoms with Crippen LogP contribution < -0.4 is 5.32 Å². The van der Waals surface area contributed by atoms with E-state index >= 15 is 0 Å². The van der Waals surface area contributed by atoms with Crippen LogP contribution in [0, 0.1) is 10.1 Å². The monoisotopic (exact) mass is 383 g/mol. The van der Waals surface area contributed by atoms with E-state index in [1.165, 1.54) is 12.1 Å². The Morgan fingerprint density at radius 2 is 1.96 bits per heavy atom. The minimum atomic E-state index is -0.877. The molecule has 0 aliphatic rings. The van der Waals surface area contributed by atoms with Gasteiger partial charge in [0.05, 0.1) is 17.1 Å². The highest BCUT2D eigenvalue weighted by atomic mass is 16.6. The van der Waals surface area contributed by atoms with E-state index in [0.717, 1.165) is 11.6 Å². The first-order valence-electron chi connectivity index (χ1n) is 8.41. The fraction of sp³-hybridized carbons (Fsp3) is 0.158. The summed E-state index contributed by atoms with van der Waals surface area (Å²) < 4.78 is 5.09. The van der Waals surface area contributed by atoms with Gasteiger partial charge in [-0.25, -0.2) is 4.79 Å². The summed E-state index contributed by atoms with van der Waals surface area (Å²) in [7, 11) is 0. The highest BCUT2D eigenvalue weighted by Crippen LogP contribution is 2.23. The Balaban J connectivity index is 1.77. The molecular formula is C19H17N3O6. The van der Waals surface area contributed by atoms with Gasteiger partial charge in [0.25, 0.3) is 5.69 Å². The predicted octanol–water partition coefficient (Wildman–Crippen LogP) is 2.52. The number of aliphatic hydroxyl groups excluding tert-OH is 1. The Morgan fingerprint density at radius 3 is 2.71 bits per heavy atom. The number of Topliss-reactive ketones (excluding diaryl/α,β-unsaturated/α-hetero) is 1. The van der Waals surface area contributed by atoms with Crippen LogP contribution >= 0.6 is 0 Å². The molecule has 9 nitrogen and oxygen atoms in total. The first kappa shape index (κ1) is 19.1. The number of benzene rings is 2. The summed E-state index contributed by atoms with van der Waals surface area (Å²) in [5.74, 6) is -1.28. The average Bonchev–Trinajstić information content (AvgIpc) is 3.14. The van der Waals surface area contributed by atoms with E-state index in [1.807, 2.05) is 12.1 Å². The number of H-pyrrole nitrogens is 1. The fourth-order valence-electron chi connectivity index (χ4n) is 2.75. The van der Waals surface area contributed by atoms with Gasteiger partial charge < -0.3 is 20.1 Å². The Kier molecular flexibility index (Phi) is 5.66. The summed E-state index contributed by atoms with van der Waals surface area (Å²) in [6.45, 7) is -0.556. The third-order valence-electron chi connectivity index (χ3n) is 4.09. The molecule has 0 aliphatic carbocycles. The molecule has 0 fully saturated rings. The van der Waals surface area contributed by atoms with Gasteiger partial charge in [0, 0.05) is 47.0 Å². The second kappa shape index (κ2) is 8.31. The molecule has 0 bridgehead atoms. The zero-order valence-corrected chi connectivity index (χ0v) is 14.7. The van der Waals surface area contributed by atoms with Gasteiger partial charge in [0.15, 0.2) is 6.61 Å². The summed E-state index contributed by atoms with van der Waals surface area (Å²) in [5.41, 5.74) is 1.07. The van der Waals surface area contributed by atoms with Crippen LogP contribution in [0.5, 0.6) is 0 Å². The van der Waals surface area contributed by atoms with Crippen molar-refractivity contribution in [2.75, 3.05) is 25.1 Å². The number of aliphatic hydroxyl groups is 1. The fourth-order valence-corrected chi connectivity index (χ4v) is 2.75. The number of fused-ring (bicyclic) bond motifs is 1. The molecule has 0 saturated carbocycles. The van der Waals surface area contributed by atoms with Crippen molar-refractivity contribution in [3.8, 4) is 0 Å². The summed E-state index contributed by atoms with van der Waals surface area (Å²) in [4.78, 5) is 38.2. The SMILES string of the molecule is O=C(OCC(=O)c1c[nH]c2ccccc12)c1cc([N+](=O)[O-])ccc1NCCO. The molecule has 3 N–H and O–H groups in total. The quantitative estimate of drug-likeness (QED) is 0.235. The molecule has 9 heteroatoms. The van der Waals surface area contributed by atoms with Gasteiger partial charge in [-0.15, -0.1) is 0 Å². The minimum absolute atomic E-state index is 0.0885. The maximum atomic E-state index is 12.4. The van der Waals surface area contributed by atoms with Crippen LogP contribution in [0.4, 0.5) is 11.4 Å². The molecule has 3 rings (SSSR count). The molecule has 3 aromatic rings. The number of hydrogen-bond acceptors (Lipinski definition) is 7. The lowest BCUT2D eigenvalue weighted by Crippen LogP contribution is -2.16. The van der Waals surface area contributed by atoms with Crippen molar-refractivity contribution in [3.63, 3.8) is 0 Å². The van der Waals surface area contributed by atoms with Gasteiger partial charge in [0.1, 0.15) is 0 Å². The van der Waals surface area contributed by atoms with Crippen LogP contribution in [-0.4, -0.2) is 46.5 Å². The Bertz CT molecular complexity index is 1040. The van der Waals surface area contributed by atoms with E-state index in [4.69, 9.17) is 9.84 Å². The molecule has 2 aromatic carbocycles. The number of nitrogens with zero attached hydrogens (tertiary/aromatic N) is 1. The molecule has 0 aliphatic heterocycles. The van der Waals surface area contributed by atoms with Crippen LogP contribution in [0.15, 0.2) is 48.7 Å². The second-order valence-electron chi connectivity index (χ2n) is 5.88. The third-order valence-corrected chi connectivity index (χ3v) is 4.09. The lowest BCUT2D eigenvalue weighted by molar-refractivity contribution is -0.384. The van der Waals surface area contributed by atoms with Gasteiger partial charge in [0.2, 0.25) is 5.78 Å². The summed E-state index contributed by atoms with van der Waals surface area (Å²) >= 11 is 0. The zero-order valence-electron chi connectivity index (χ0n) is 14.7. The molecule has 1 heterocycles. The number of hydrogen-bond donors (Lipinski definition) is 3. The van der Waals surface area contributed by atoms with Crippen LogP contribution in [0.1, 0.15) is 20.7 Å². The maximum Gasteiger partial charge on any atom is 0.340 e. The first-order chi connectivity index (χ1) is 13.5. The number of non-ortho nitro benzene ring substituents is 1. The van der Waals surface area contributed by atoms with Gasteiger partial charge in [-0.3, -0.25) is 14.9 Å². The standard InChI is InChI=1S/C19H17N3O6/c23-8-7-20-17-6-5-12(22(26)27)9-14(17)19(25)28-11-18(24)15-10-21-16-4-2-1-3-13(15)16/h1-6,9-10,20-21,23H,7-8,11H2. The van der Waals surface area contributed by atoms with Crippen molar-refractivity contribution in [1.29, 1.82) is 0 Å². The lowest BCUT2D eigenvalue weighted by Gasteiger charge is -2.11. The summed E-state index contributed by atoms with van der Waals surface area (Å²) in [5, 5.41) is 23.4. The molecule has 0 saturated heterocycles. The largest absolute Gasteiger partial charge is 0.454 e. The number of carbonyl (C=O) groups excluding carboxylic acids is 2. The number of rotatable bonds is 8. The van der Waals surface area contributed by atoms with Crippen molar-refractivity contribution >= 4 is 34.0 Å². The Labute approximate surface area is 159 Å².